The molecule has 5 nitrogen and oxygen atoms in total. The molecule has 0 spiro atoms. The van der Waals surface area contributed by atoms with Crippen molar-refractivity contribution in [1.29, 1.82) is 0 Å². The van der Waals surface area contributed by atoms with Gasteiger partial charge in [-0.1, -0.05) is 6.07 Å². The summed E-state index contributed by atoms with van der Waals surface area (Å²) in [4.78, 5) is 6.19. The maximum absolute atomic E-state index is 8.99. The van der Waals surface area contributed by atoms with E-state index >= 15 is 0 Å². The Labute approximate surface area is 95.3 Å². The van der Waals surface area contributed by atoms with E-state index in [0.717, 1.165) is 5.82 Å². The van der Waals surface area contributed by atoms with Gasteiger partial charge in [0, 0.05) is 20.2 Å². The number of nitrogens with zero attached hydrogens (tertiary/aromatic N) is 2. The zero-order valence-corrected chi connectivity index (χ0v) is 9.46. The molecule has 0 saturated carbocycles. The van der Waals surface area contributed by atoms with E-state index in [0.29, 0.717) is 25.4 Å². The summed E-state index contributed by atoms with van der Waals surface area (Å²) >= 11 is 0. The largest absolute Gasteiger partial charge is 0.395 e. The number of rotatable bonds is 7. The number of aromatic nitrogens is 1. The number of ether oxygens (including phenoxy) is 1. The Hall–Kier alpha value is -1.17. The van der Waals surface area contributed by atoms with Crippen LogP contribution >= 0.6 is 0 Å². The van der Waals surface area contributed by atoms with Crippen LogP contribution in [0.1, 0.15) is 5.69 Å². The van der Waals surface area contributed by atoms with Crippen molar-refractivity contribution in [2.24, 2.45) is 0 Å². The van der Waals surface area contributed by atoms with Gasteiger partial charge in [-0.2, -0.15) is 0 Å². The lowest BCUT2D eigenvalue weighted by Gasteiger charge is -2.22. The van der Waals surface area contributed by atoms with Crippen LogP contribution in [-0.4, -0.2) is 48.6 Å². The van der Waals surface area contributed by atoms with Crippen molar-refractivity contribution in [3.63, 3.8) is 0 Å². The van der Waals surface area contributed by atoms with Crippen LogP contribution in [0.5, 0.6) is 0 Å². The van der Waals surface area contributed by atoms with E-state index in [4.69, 9.17) is 14.9 Å². The van der Waals surface area contributed by atoms with Crippen LogP contribution in [0.3, 0.4) is 0 Å². The summed E-state index contributed by atoms with van der Waals surface area (Å²) < 4.78 is 5.00. The SMILES string of the molecule is COCCN(CCO)c1cccc(CO)n1. The average molecular weight is 226 g/mol. The highest BCUT2D eigenvalue weighted by molar-refractivity contribution is 5.39. The van der Waals surface area contributed by atoms with Gasteiger partial charge in [0.2, 0.25) is 0 Å². The lowest BCUT2D eigenvalue weighted by Crippen LogP contribution is -2.31. The predicted octanol–water partition coefficient (Wildman–Crippen LogP) is 0.0190. The number of methoxy groups -OCH3 is 1. The molecule has 0 bridgehead atoms. The van der Waals surface area contributed by atoms with Gasteiger partial charge in [0.25, 0.3) is 0 Å². The zero-order valence-electron chi connectivity index (χ0n) is 9.46. The second-order valence-electron chi connectivity index (χ2n) is 3.35. The molecule has 0 amide bonds. The fraction of sp³-hybridized carbons (Fsp3) is 0.545. The summed E-state index contributed by atoms with van der Waals surface area (Å²) in [6, 6.07) is 5.45. The van der Waals surface area contributed by atoms with Gasteiger partial charge in [0.1, 0.15) is 5.82 Å². The number of pyridine rings is 1. The molecule has 0 aliphatic rings. The van der Waals surface area contributed by atoms with Crippen molar-refractivity contribution in [1.82, 2.24) is 4.98 Å². The smallest absolute Gasteiger partial charge is 0.129 e. The second-order valence-corrected chi connectivity index (χ2v) is 3.35. The molecule has 1 heterocycles. The van der Waals surface area contributed by atoms with E-state index in [-0.39, 0.29) is 13.2 Å². The van der Waals surface area contributed by atoms with Crippen LogP contribution in [0.4, 0.5) is 5.82 Å². The van der Waals surface area contributed by atoms with Gasteiger partial charge in [-0.05, 0) is 12.1 Å². The fourth-order valence-corrected chi connectivity index (χ4v) is 1.39. The number of hydrogen-bond acceptors (Lipinski definition) is 5. The van der Waals surface area contributed by atoms with Crippen LogP contribution in [0.2, 0.25) is 0 Å². The maximum atomic E-state index is 8.99. The average Bonchev–Trinajstić information content (AvgIpc) is 2.34. The topological polar surface area (TPSA) is 65.8 Å². The summed E-state index contributed by atoms with van der Waals surface area (Å²) in [7, 11) is 1.63. The van der Waals surface area contributed by atoms with Crippen molar-refractivity contribution >= 4 is 5.82 Å². The van der Waals surface area contributed by atoms with Gasteiger partial charge in [0.15, 0.2) is 0 Å². The third-order valence-corrected chi connectivity index (χ3v) is 2.21. The molecular weight excluding hydrogens is 208 g/mol. The Balaban J connectivity index is 2.73. The van der Waals surface area contributed by atoms with Crippen LogP contribution < -0.4 is 4.90 Å². The second kappa shape index (κ2) is 7.16. The lowest BCUT2D eigenvalue weighted by molar-refractivity contribution is 0.202. The monoisotopic (exact) mass is 226 g/mol. The van der Waals surface area contributed by atoms with E-state index in [9.17, 15) is 0 Å². The Morgan fingerprint density at radius 1 is 1.31 bits per heavy atom. The normalized spacial score (nSPS) is 10.4. The molecule has 1 rings (SSSR count). The van der Waals surface area contributed by atoms with E-state index < -0.39 is 0 Å². The summed E-state index contributed by atoms with van der Waals surface area (Å²) in [5.41, 5.74) is 0.623. The molecule has 0 aromatic carbocycles. The van der Waals surface area contributed by atoms with Gasteiger partial charge >= 0.3 is 0 Å². The molecule has 90 valence electrons. The van der Waals surface area contributed by atoms with Crippen LogP contribution in [0.25, 0.3) is 0 Å². The van der Waals surface area contributed by atoms with Gasteiger partial charge in [-0.3, -0.25) is 0 Å². The van der Waals surface area contributed by atoms with Crippen molar-refractivity contribution in [2.75, 3.05) is 38.3 Å². The number of hydrogen-bond donors (Lipinski definition) is 2. The Kier molecular flexibility index (Phi) is 5.77. The first-order chi connectivity index (χ1) is 7.81. The highest BCUT2D eigenvalue weighted by Crippen LogP contribution is 2.11. The number of anilines is 1. The first kappa shape index (κ1) is 12.9. The van der Waals surface area contributed by atoms with Gasteiger partial charge < -0.3 is 19.8 Å². The zero-order chi connectivity index (χ0) is 11.8. The Morgan fingerprint density at radius 3 is 2.75 bits per heavy atom. The summed E-state index contributed by atoms with van der Waals surface area (Å²) in [5, 5.41) is 18.0. The Bertz CT molecular complexity index is 307. The molecule has 0 unspecified atom stereocenters. The highest BCUT2D eigenvalue weighted by Gasteiger charge is 2.07. The quantitative estimate of drug-likeness (QED) is 0.686. The molecule has 1 aromatic heterocycles. The van der Waals surface area contributed by atoms with Crippen LogP contribution in [-0.2, 0) is 11.3 Å². The Morgan fingerprint density at radius 2 is 2.12 bits per heavy atom. The van der Waals surface area contributed by atoms with Crippen molar-refractivity contribution in [3.8, 4) is 0 Å². The molecule has 0 aliphatic carbocycles. The molecule has 2 N–H and O–H groups in total. The molecule has 16 heavy (non-hydrogen) atoms. The molecule has 0 aliphatic heterocycles. The van der Waals surface area contributed by atoms with Crippen molar-refractivity contribution in [2.45, 2.75) is 6.61 Å². The van der Waals surface area contributed by atoms with Crippen molar-refractivity contribution in [3.05, 3.63) is 23.9 Å². The van der Waals surface area contributed by atoms with Gasteiger partial charge in [0.05, 0.1) is 25.5 Å². The summed E-state index contributed by atoms with van der Waals surface area (Å²) in [6.07, 6.45) is 0. The minimum atomic E-state index is -0.0783. The highest BCUT2D eigenvalue weighted by atomic mass is 16.5. The number of aliphatic hydroxyl groups is 2. The van der Waals surface area contributed by atoms with Crippen LogP contribution in [0.15, 0.2) is 18.2 Å². The first-order valence-electron chi connectivity index (χ1n) is 5.23. The maximum Gasteiger partial charge on any atom is 0.129 e. The van der Waals surface area contributed by atoms with Crippen LogP contribution in [0, 0.1) is 0 Å². The lowest BCUT2D eigenvalue weighted by atomic mass is 10.3. The van der Waals surface area contributed by atoms with Crippen molar-refractivity contribution < 1.29 is 14.9 Å². The summed E-state index contributed by atoms with van der Waals surface area (Å²) in [5.74, 6) is 0.748. The van der Waals surface area contributed by atoms with E-state index in [1.165, 1.54) is 0 Å². The third kappa shape index (κ3) is 3.77. The van der Waals surface area contributed by atoms with Gasteiger partial charge in [-0.25, -0.2) is 4.98 Å². The molecule has 0 saturated heterocycles. The molecule has 0 fully saturated rings. The van der Waals surface area contributed by atoms with Gasteiger partial charge in [-0.15, -0.1) is 0 Å². The van der Waals surface area contributed by atoms with E-state index in [2.05, 4.69) is 4.98 Å². The fourth-order valence-electron chi connectivity index (χ4n) is 1.39. The predicted molar refractivity (Wildman–Crippen MR) is 61.3 cm³/mol. The molecular formula is C11H18N2O3. The molecule has 5 heteroatoms. The standard InChI is InChI=1S/C11H18N2O3/c1-16-8-6-13(5-7-14)11-4-2-3-10(9-15)12-11/h2-4,14-15H,5-9H2,1H3. The number of aliphatic hydroxyl groups excluding tert-OH is 2. The summed E-state index contributed by atoms with van der Waals surface area (Å²) in [6.45, 7) is 1.73. The molecule has 0 atom stereocenters. The minimum Gasteiger partial charge on any atom is -0.395 e. The molecule has 1 aromatic rings. The minimum absolute atomic E-state index is 0.0642. The van der Waals surface area contributed by atoms with E-state index in [1.54, 1.807) is 13.2 Å². The first-order valence-corrected chi connectivity index (χ1v) is 5.23. The van der Waals surface area contributed by atoms with E-state index in [1.807, 2.05) is 17.0 Å². The molecule has 0 radical (unpaired) electrons. The third-order valence-electron chi connectivity index (χ3n) is 2.21.